The Kier molecular flexibility index (Phi) is 4.30. The van der Waals surface area contributed by atoms with Crippen molar-refractivity contribution in [3.8, 4) is 0 Å². The number of benzene rings is 1. The molecular formula is C19H20F2N4O. The Morgan fingerprint density at radius 2 is 1.88 bits per heavy atom. The molecule has 2 aliphatic heterocycles. The lowest BCUT2D eigenvalue weighted by Gasteiger charge is -2.39. The number of nitrogens with zero attached hydrogens (tertiary/aromatic N) is 4. The van der Waals surface area contributed by atoms with E-state index in [1.54, 1.807) is 6.07 Å². The number of carbonyl (C=O) groups is 1. The molecule has 1 amide bonds. The molecule has 0 bridgehead atoms. The van der Waals surface area contributed by atoms with Crippen molar-refractivity contribution in [3.05, 3.63) is 53.9 Å². The molecule has 2 aromatic rings. The molecule has 7 heteroatoms. The minimum Gasteiger partial charge on any atom is -0.340 e. The second-order valence-electron chi connectivity index (χ2n) is 7.11. The minimum absolute atomic E-state index is 0.105. The molecular weight excluding hydrogens is 338 g/mol. The zero-order chi connectivity index (χ0) is 18.1. The monoisotopic (exact) mass is 358 g/mol. The molecule has 0 unspecified atom stereocenters. The van der Waals surface area contributed by atoms with Crippen LogP contribution < -0.4 is 4.90 Å². The first-order chi connectivity index (χ1) is 12.6. The van der Waals surface area contributed by atoms with Gasteiger partial charge in [0.2, 0.25) is 11.9 Å². The summed E-state index contributed by atoms with van der Waals surface area (Å²) < 4.78 is 26.5. The number of anilines is 1. The number of halogens is 2. The van der Waals surface area contributed by atoms with Gasteiger partial charge in [-0.05, 0) is 37.0 Å². The number of piperidine rings is 1. The fourth-order valence-corrected chi connectivity index (χ4v) is 4.05. The predicted molar refractivity (Wildman–Crippen MR) is 92.3 cm³/mol. The SMILES string of the molecule is O=C1N(Cc2cccc(F)c2)CC[C@]12CCCN(c1ncc(F)cn1)C2. The van der Waals surface area contributed by atoms with Crippen molar-refractivity contribution in [2.24, 2.45) is 5.41 Å². The minimum atomic E-state index is -0.473. The van der Waals surface area contributed by atoms with Crippen molar-refractivity contribution in [2.45, 2.75) is 25.8 Å². The second kappa shape index (κ2) is 6.63. The van der Waals surface area contributed by atoms with Gasteiger partial charge in [-0.2, -0.15) is 0 Å². The van der Waals surface area contributed by atoms with E-state index in [4.69, 9.17) is 0 Å². The molecule has 136 valence electrons. The van der Waals surface area contributed by atoms with Crippen LogP contribution in [0, 0.1) is 17.0 Å². The molecule has 2 aliphatic rings. The number of likely N-dealkylation sites (tertiary alicyclic amines) is 1. The van der Waals surface area contributed by atoms with Crippen molar-refractivity contribution in [1.82, 2.24) is 14.9 Å². The van der Waals surface area contributed by atoms with Crippen LogP contribution >= 0.6 is 0 Å². The molecule has 26 heavy (non-hydrogen) atoms. The third-order valence-corrected chi connectivity index (χ3v) is 5.33. The lowest BCUT2D eigenvalue weighted by molar-refractivity contribution is -0.137. The summed E-state index contributed by atoms with van der Waals surface area (Å²) >= 11 is 0. The van der Waals surface area contributed by atoms with E-state index >= 15 is 0 Å². The maximum absolute atomic E-state index is 13.4. The Bertz CT molecular complexity index is 813. The molecule has 3 heterocycles. The highest BCUT2D eigenvalue weighted by Crippen LogP contribution is 2.41. The van der Waals surface area contributed by atoms with Gasteiger partial charge in [-0.3, -0.25) is 4.79 Å². The van der Waals surface area contributed by atoms with E-state index in [2.05, 4.69) is 9.97 Å². The molecule has 1 spiro atoms. The van der Waals surface area contributed by atoms with E-state index in [1.165, 1.54) is 12.1 Å². The van der Waals surface area contributed by atoms with Crippen LogP contribution in [0.1, 0.15) is 24.8 Å². The largest absolute Gasteiger partial charge is 0.340 e. The van der Waals surface area contributed by atoms with Gasteiger partial charge in [0.05, 0.1) is 17.8 Å². The van der Waals surface area contributed by atoms with Gasteiger partial charge in [-0.15, -0.1) is 0 Å². The van der Waals surface area contributed by atoms with E-state index in [-0.39, 0.29) is 11.7 Å². The number of hydrogen-bond donors (Lipinski definition) is 0. The number of aromatic nitrogens is 2. The Hall–Kier alpha value is -2.57. The van der Waals surface area contributed by atoms with Crippen molar-refractivity contribution >= 4 is 11.9 Å². The maximum atomic E-state index is 13.4. The van der Waals surface area contributed by atoms with Gasteiger partial charge in [0.25, 0.3) is 0 Å². The van der Waals surface area contributed by atoms with Gasteiger partial charge >= 0.3 is 0 Å². The summed E-state index contributed by atoms with van der Waals surface area (Å²) in [6.07, 6.45) is 4.75. The first-order valence-electron chi connectivity index (χ1n) is 8.82. The van der Waals surface area contributed by atoms with Crippen LogP contribution in [0.3, 0.4) is 0 Å². The Balaban J connectivity index is 1.49. The molecule has 2 fully saturated rings. The molecule has 5 nitrogen and oxygen atoms in total. The van der Waals surface area contributed by atoms with Crippen LogP contribution in [0.5, 0.6) is 0 Å². The van der Waals surface area contributed by atoms with Crippen LogP contribution in [0.15, 0.2) is 36.7 Å². The Morgan fingerprint density at radius 1 is 1.08 bits per heavy atom. The normalized spacial score (nSPS) is 23.1. The van der Waals surface area contributed by atoms with Crippen molar-refractivity contribution < 1.29 is 13.6 Å². The second-order valence-corrected chi connectivity index (χ2v) is 7.11. The predicted octanol–water partition coefficient (Wildman–Crippen LogP) is 2.77. The first-order valence-corrected chi connectivity index (χ1v) is 8.82. The van der Waals surface area contributed by atoms with E-state index in [9.17, 15) is 13.6 Å². The highest BCUT2D eigenvalue weighted by atomic mass is 19.1. The third-order valence-electron chi connectivity index (χ3n) is 5.33. The molecule has 1 aromatic carbocycles. The molecule has 1 atom stereocenters. The Morgan fingerprint density at radius 3 is 2.65 bits per heavy atom. The number of hydrogen-bond acceptors (Lipinski definition) is 4. The van der Waals surface area contributed by atoms with Gasteiger partial charge in [-0.25, -0.2) is 18.7 Å². The summed E-state index contributed by atoms with van der Waals surface area (Å²) in [6.45, 7) is 2.38. The topological polar surface area (TPSA) is 49.3 Å². The fourth-order valence-electron chi connectivity index (χ4n) is 4.05. The smallest absolute Gasteiger partial charge is 0.230 e. The molecule has 1 aromatic heterocycles. The number of carbonyl (C=O) groups excluding carboxylic acids is 1. The quantitative estimate of drug-likeness (QED) is 0.847. The summed E-state index contributed by atoms with van der Waals surface area (Å²) in [6, 6.07) is 6.37. The van der Waals surface area contributed by atoms with Crippen LogP contribution in [0.25, 0.3) is 0 Å². The van der Waals surface area contributed by atoms with Gasteiger partial charge in [-0.1, -0.05) is 12.1 Å². The number of rotatable bonds is 3. The van der Waals surface area contributed by atoms with Crippen LogP contribution in [0.2, 0.25) is 0 Å². The first kappa shape index (κ1) is 16.9. The van der Waals surface area contributed by atoms with Gasteiger partial charge in [0.1, 0.15) is 5.82 Å². The molecule has 0 radical (unpaired) electrons. The van der Waals surface area contributed by atoms with Gasteiger partial charge < -0.3 is 9.80 Å². The van der Waals surface area contributed by atoms with Crippen LogP contribution in [-0.4, -0.2) is 40.4 Å². The van der Waals surface area contributed by atoms with Gasteiger partial charge in [0, 0.05) is 26.2 Å². The molecule has 2 saturated heterocycles. The summed E-state index contributed by atoms with van der Waals surface area (Å²) in [7, 11) is 0. The summed E-state index contributed by atoms with van der Waals surface area (Å²) in [4.78, 5) is 25.0. The Labute approximate surface area is 150 Å². The molecule has 0 aliphatic carbocycles. The van der Waals surface area contributed by atoms with E-state index < -0.39 is 11.2 Å². The van der Waals surface area contributed by atoms with Crippen LogP contribution in [0.4, 0.5) is 14.7 Å². The zero-order valence-electron chi connectivity index (χ0n) is 14.4. The van der Waals surface area contributed by atoms with E-state index in [0.29, 0.717) is 25.6 Å². The highest BCUT2D eigenvalue weighted by Gasteiger charge is 2.49. The molecule has 4 rings (SSSR count). The lowest BCUT2D eigenvalue weighted by atomic mass is 9.78. The van der Waals surface area contributed by atoms with Crippen molar-refractivity contribution in [1.29, 1.82) is 0 Å². The molecule has 0 saturated carbocycles. The molecule has 0 N–H and O–H groups in total. The summed E-state index contributed by atoms with van der Waals surface area (Å²) in [5.74, 6) is -0.199. The van der Waals surface area contributed by atoms with Gasteiger partial charge in [0.15, 0.2) is 5.82 Å². The zero-order valence-corrected chi connectivity index (χ0v) is 14.4. The van der Waals surface area contributed by atoms with E-state index in [0.717, 1.165) is 43.8 Å². The lowest BCUT2D eigenvalue weighted by Crippen LogP contribution is -2.48. The number of amides is 1. The summed E-state index contributed by atoms with van der Waals surface area (Å²) in [5.41, 5.74) is 0.341. The maximum Gasteiger partial charge on any atom is 0.230 e. The average Bonchev–Trinajstić information content (AvgIpc) is 2.92. The average molecular weight is 358 g/mol. The van der Waals surface area contributed by atoms with E-state index in [1.807, 2.05) is 15.9 Å². The van der Waals surface area contributed by atoms with Crippen molar-refractivity contribution in [3.63, 3.8) is 0 Å². The van der Waals surface area contributed by atoms with Crippen molar-refractivity contribution in [2.75, 3.05) is 24.5 Å². The standard InChI is InChI=1S/C19H20F2N4O/c20-15-4-1-3-14(9-15)12-24-8-6-19(17(24)26)5-2-7-25(13-19)18-22-10-16(21)11-23-18/h1,3-4,9-11H,2,5-8,12-13H2/t19-/m0/s1. The fraction of sp³-hybridized carbons (Fsp3) is 0.421. The van der Waals surface area contributed by atoms with Crippen LogP contribution in [-0.2, 0) is 11.3 Å². The third kappa shape index (κ3) is 3.13. The summed E-state index contributed by atoms with van der Waals surface area (Å²) in [5, 5.41) is 0. The highest BCUT2D eigenvalue weighted by molar-refractivity contribution is 5.85.